The molecule has 0 spiro atoms. The summed E-state index contributed by atoms with van der Waals surface area (Å²) in [4.78, 5) is 12.3. The van der Waals surface area contributed by atoms with Crippen LogP contribution in [0.2, 0.25) is 5.02 Å². The van der Waals surface area contributed by atoms with Gasteiger partial charge in [-0.3, -0.25) is 4.79 Å². The second kappa shape index (κ2) is 6.23. The predicted octanol–water partition coefficient (Wildman–Crippen LogP) is 3.89. The van der Waals surface area contributed by atoms with Gasteiger partial charge in [-0.05, 0) is 36.4 Å². The number of hydrogen-bond donors (Lipinski definition) is 1. The Morgan fingerprint density at radius 3 is 2.64 bits per heavy atom. The molecule has 2 aromatic carbocycles. The highest BCUT2D eigenvalue weighted by Crippen LogP contribution is 2.38. The van der Waals surface area contributed by atoms with E-state index >= 15 is 0 Å². The lowest BCUT2D eigenvalue weighted by molar-refractivity contribution is 0.102. The zero-order chi connectivity index (χ0) is 15.5. The molecule has 0 fully saturated rings. The van der Waals surface area contributed by atoms with Crippen LogP contribution in [0.25, 0.3) is 0 Å². The molecule has 1 aliphatic heterocycles. The highest BCUT2D eigenvalue weighted by molar-refractivity contribution is 6.32. The number of halogens is 2. The van der Waals surface area contributed by atoms with Gasteiger partial charge in [0.2, 0.25) is 0 Å². The molecule has 6 heteroatoms. The fourth-order valence-corrected chi connectivity index (χ4v) is 2.36. The van der Waals surface area contributed by atoms with Crippen molar-refractivity contribution in [2.24, 2.45) is 0 Å². The molecule has 114 valence electrons. The van der Waals surface area contributed by atoms with Crippen molar-refractivity contribution in [1.29, 1.82) is 0 Å². The van der Waals surface area contributed by atoms with Crippen LogP contribution in [0.15, 0.2) is 36.4 Å². The second-order valence-electron chi connectivity index (χ2n) is 4.80. The highest BCUT2D eigenvalue weighted by atomic mass is 35.5. The van der Waals surface area contributed by atoms with Gasteiger partial charge in [-0.25, -0.2) is 4.39 Å². The molecule has 4 nitrogen and oxygen atoms in total. The van der Waals surface area contributed by atoms with Crippen molar-refractivity contribution in [1.82, 2.24) is 0 Å². The van der Waals surface area contributed by atoms with Crippen LogP contribution in [0.3, 0.4) is 0 Å². The lowest BCUT2D eigenvalue weighted by Crippen LogP contribution is -2.12. The monoisotopic (exact) mass is 321 g/mol. The third-order valence-corrected chi connectivity index (χ3v) is 3.45. The number of ether oxygens (including phenoxy) is 2. The Balaban J connectivity index is 1.85. The van der Waals surface area contributed by atoms with Crippen molar-refractivity contribution < 1.29 is 18.7 Å². The van der Waals surface area contributed by atoms with Gasteiger partial charge in [0.25, 0.3) is 5.91 Å². The summed E-state index contributed by atoms with van der Waals surface area (Å²) >= 11 is 6.15. The smallest absolute Gasteiger partial charge is 0.255 e. The Bertz CT molecular complexity index is 703. The number of rotatable bonds is 2. The number of anilines is 1. The van der Waals surface area contributed by atoms with E-state index in [0.29, 0.717) is 41.0 Å². The van der Waals surface area contributed by atoms with Crippen LogP contribution in [0.5, 0.6) is 11.5 Å². The van der Waals surface area contributed by atoms with E-state index in [2.05, 4.69) is 5.32 Å². The summed E-state index contributed by atoms with van der Waals surface area (Å²) in [6.07, 6.45) is 0.752. The van der Waals surface area contributed by atoms with Crippen molar-refractivity contribution in [3.63, 3.8) is 0 Å². The third kappa shape index (κ3) is 3.14. The van der Waals surface area contributed by atoms with Crippen LogP contribution in [-0.4, -0.2) is 19.1 Å². The van der Waals surface area contributed by atoms with Crippen molar-refractivity contribution in [3.05, 3.63) is 52.8 Å². The van der Waals surface area contributed by atoms with Crippen LogP contribution in [-0.2, 0) is 0 Å². The molecule has 2 aromatic rings. The molecule has 22 heavy (non-hydrogen) atoms. The highest BCUT2D eigenvalue weighted by Gasteiger charge is 2.18. The van der Waals surface area contributed by atoms with Crippen LogP contribution in [0.1, 0.15) is 16.8 Å². The molecule has 1 amide bonds. The van der Waals surface area contributed by atoms with E-state index in [9.17, 15) is 9.18 Å². The Kier molecular flexibility index (Phi) is 4.15. The minimum atomic E-state index is -0.364. The number of amides is 1. The van der Waals surface area contributed by atoms with Gasteiger partial charge in [-0.2, -0.15) is 0 Å². The summed E-state index contributed by atoms with van der Waals surface area (Å²) in [6.45, 7) is 1.03. The Morgan fingerprint density at radius 1 is 1.14 bits per heavy atom. The Hall–Kier alpha value is -2.27. The molecule has 0 saturated carbocycles. The average Bonchev–Trinajstić information content (AvgIpc) is 2.75. The Labute approximate surface area is 131 Å². The first-order chi connectivity index (χ1) is 10.6. The van der Waals surface area contributed by atoms with E-state index in [1.54, 1.807) is 6.07 Å². The van der Waals surface area contributed by atoms with Crippen LogP contribution in [0.4, 0.5) is 10.1 Å². The zero-order valence-corrected chi connectivity index (χ0v) is 12.3. The van der Waals surface area contributed by atoms with Gasteiger partial charge < -0.3 is 14.8 Å². The van der Waals surface area contributed by atoms with Gasteiger partial charge in [0, 0.05) is 17.7 Å². The van der Waals surface area contributed by atoms with E-state index in [1.807, 2.05) is 0 Å². The molecule has 0 saturated heterocycles. The van der Waals surface area contributed by atoms with Crippen LogP contribution in [0, 0.1) is 5.82 Å². The number of nitrogens with one attached hydrogen (secondary N) is 1. The number of carbonyl (C=O) groups is 1. The third-order valence-electron chi connectivity index (χ3n) is 3.17. The molecular formula is C16H13ClFNO3. The summed E-state index contributed by atoms with van der Waals surface area (Å²) in [7, 11) is 0. The molecule has 1 N–H and O–H groups in total. The standard InChI is InChI=1S/C16H13ClFNO3/c17-13-8-10(9-14-15(13)22-7-1-6-21-14)16(20)19-12-4-2-11(18)3-5-12/h2-5,8-9H,1,6-7H2,(H,19,20). The van der Waals surface area contributed by atoms with Crippen molar-refractivity contribution >= 4 is 23.2 Å². The molecule has 3 rings (SSSR count). The molecule has 0 atom stereocenters. The number of benzene rings is 2. The SMILES string of the molecule is O=C(Nc1ccc(F)cc1)c1cc(Cl)c2c(c1)OCCCO2. The van der Waals surface area contributed by atoms with E-state index < -0.39 is 0 Å². The molecule has 0 aliphatic carbocycles. The normalized spacial score (nSPS) is 13.4. The van der Waals surface area contributed by atoms with Gasteiger partial charge in [-0.15, -0.1) is 0 Å². The van der Waals surface area contributed by atoms with E-state index in [4.69, 9.17) is 21.1 Å². The first-order valence-electron chi connectivity index (χ1n) is 6.79. The Morgan fingerprint density at radius 2 is 1.86 bits per heavy atom. The van der Waals surface area contributed by atoms with Crippen LogP contribution < -0.4 is 14.8 Å². The lowest BCUT2D eigenvalue weighted by atomic mass is 10.1. The molecule has 1 heterocycles. The maximum Gasteiger partial charge on any atom is 0.255 e. The average molecular weight is 322 g/mol. The zero-order valence-electron chi connectivity index (χ0n) is 11.6. The maximum atomic E-state index is 12.9. The van der Waals surface area contributed by atoms with Crippen molar-refractivity contribution in [2.45, 2.75) is 6.42 Å². The summed E-state index contributed by atoms with van der Waals surface area (Å²) in [5.41, 5.74) is 0.841. The van der Waals surface area contributed by atoms with Crippen molar-refractivity contribution in [2.75, 3.05) is 18.5 Å². The molecule has 0 bridgehead atoms. The second-order valence-corrected chi connectivity index (χ2v) is 5.20. The fourth-order valence-electron chi connectivity index (χ4n) is 2.10. The first kappa shape index (κ1) is 14.7. The predicted molar refractivity (Wildman–Crippen MR) is 81.4 cm³/mol. The van der Waals surface area contributed by atoms with E-state index in [0.717, 1.165) is 6.42 Å². The number of fused-ring (bicyclic) bond motifs is 1. The number of carbonyl (C=O) groups excluding carboxylic acids is 1. The van der Waals surface area contributed by atoms with Crippen molar-refractivity contribution in [3.8, 4) is 11.5 Å². The lowest BCUT2D eigenvalue weighted by Gasteiger charge is -2.11. The molecule has 0 radical (unpaired) electrons. The topological polar surface area (TPSA) is 47.6 Å². The van der Waals surface area contributed by atoms with Crippen LogP contribution >= 0.6 is 11.6 Å². The van der Waals surface area contributed by atoms with E-state index in [1.165, 1.54) is 30.3 Å². The quantitative estimate of drug-likeness (QED) is 0.912. The molecular weight excluding hydrogens is 309 g/mol. The minimum Gasteiger partial charge on any atom is -0.489 e. The molecule has 0 unspecified atom stereocenters. The van der Waals surface area contributed by atoms with Gasteiger partial charge in [-0.1, -0.05) is 11.6 Å². The van der Waals surface area contributed by atoms with E-state index in [-0.39, 0.29) is 11.7 Å². The minimum absolute atomic E-state index is 0.323. The first-order valence-corrected chi connectivity index (χ1v) is 7.17. The summed E-state index contributed by atoms with van der Waals surface area (Å²) in [5.74, 6) is 0.188. The van der Waals surface area contributed by atoms with Gasteiger partial charge >= 0.3 is 0 Å². The maximum absolute atomic E-state index is 12.9. The molecule has 1 aliphatic rings. The number of hydrogen-bond acceptors (Lipinski definition) is 3. The fraction of sp³-hybridized carbons (Fsp3) is 0.188. The van der Waals surface area contributed by atoms with Gasteiger partial charge in [0.15, 0.2) is 11.5 Å². The van der Waals surface area contributed by atoms with Gasteiger partial charge in [0.1, 0.15) is 5.82 Å². The summed E-state index contributed by atoms with van der Waals surface area (Å²) < 4.78 is 23.9. The summed E-state index contributed by atoms with van der Waals surface area (Å²) in [5, 5.41) is 3.00. The van der Waals surface area contributed by atoms with Gasteiger partial charge in [0.05, 0.1) is 18.2 Å². The largest absolute Gasteiger partial charge is 0.489 e. The molecule has 0 aromatic heterocycles. The summed E-state index contributed by atoms with van der Waals surface area (Å²) in [6, 6.07) is 8.63.